The molecule has 12 heterocycles. The molecule has 0 atom stereocenters. The van der Waals surface area contributed by atoms with E-state index in [4.69, 9.17) is 43.2 Å². The SMILES string of the molecule is CC1(C)c2ccccc2-c2c1ccc1c2oc2c(-c3ccccc3)nc(-n3c4ccccc4c4cc(-c5cccc6ccccc56)ccc43)nc21.c1ccc(-c2cccc(-c3nc(-n4c5ccccc5c5ccccc54)nc4sc5c(ccc6c7ccccc7oc65)c34)c2)cc1.c1ccc2c(c1)oc1ccc(-c3nc(-n4c5ccccc5c5ccccc54)nc4sc5c(ccc6c7ccccc7sc65)c34)cc12. The first-order valence-electron chi connectivity index (χ1n) is 47.8. The van der Waals surface area contributed by atoms with E-state index in [1.807, 2.05) is 41.7 Å². The van der Waals surface area contributed by atoms with Crippen LogP contribution < -0.4 is 0 Å². The minimum absolute atomic E-state index is 0.133. The fourth-order valence-corrected chi connectivity index (χ4v) is 26.3. The number of aromatic nitrogens is 9. The Balaban J connectivity index is 0.0000000999. The molecule has 15 heteroatoms. The van der Waals surface area contributed by atoms with Crippen LogP contribution in [0.5, 0.6) is 0 Å². The molecule has 12 aromatic heterocycles. The van der Waals surface area contributed by atoms with E-state index >= 15 is 0 Å². The summed E-state index contributed by atoms with van der Waals surface area (Å²) in [6, 6.07) is 148. The van der Waals surface area contributed by atoms with E-state index in [0.717, 1.165) is 180 Å². The number of hydrogen-bond donors (Lipinski definition) is 0. The molecule has 142 heavy (non-hydrogen) atoms. The summed E-state index contributed by atoms with van der Waals surface area (Å²) in [6.07, 6.45) is 0. The van der Waals surface area contributed by atoms with Crippen LogP contribution in [0, 0.1) is 0 Å². The van der Waals surface area contributed by atoms with Crippen LogP contribution in [-0.2, 0) is 5.41 Å². The van der Waals surface area contributed by atoms with Crippen molar-refractivity contribution in [1.82, 2.24) is 43.6 Å². The van der Waals surface area contributed by atoms with E-state index in [2.05, 4.69) is 416 Å². The van der Waals surface area contributed by atoms with E-state index < -0.39 is 0 Å². The van der Waals surface area contributed by atoms with Gasteiger partial charge < -0.3 is 13.3 Å². The average molecular weight is 1870 g/mol. The van der Waals surface area contributed by atoms with Gasteiger partial charge in [0.15, 0.2) is 11.2 Å². The Labute approximate surface area is 821 Å². The van der Waals surface area contributed by atoms with Crippen molar-refractivity contribution in [3.05, 3.63) is 430 Å². The summed E-state index contributed by atoms with van der Waals surface area (Å²) in [6.45, 7) is 4.60. The Hall–Kier alpha value is -17.9. The topological polar surface area (TPSA) is 132 Å². The van der Waals surface area contributed by atoms with Gasteiger partial charge in [-0.3, -0.25) is 13.7 Å². The number of hydrogen-bond acceptors (Lipinski definition) is 12. The van der Waals surface area contributed by atoms with Crippen molar-refractivity contribution in [1.29, 1.82) is 0 Å². The molecule has 0 unspecified atom stereocenters. The van der Waals surface area contributed by atoms with Crippen LogP contribution in [0.15, 0.2) is 432 Å². The second-order valence-corrected chi connectivity index (χ2v) is 40.4. The minimum Gasteiger partial charge on any atom is -0.456 e. The molecular weight excluding hydrogens is 1800 g/mol. The zero-order chi connectivity index (χ0) is 93.3. The summed E-state index contributed by atoms with van der Waals surface area (Å²) in [5.74, 6) is 1.96. The summed E-state index contributed by atoms with van der Waals surface area (Å²) >= 11 is 5.32. The molecule has 0 amide bonds. The Kier molecular flexibility index (Phi) is 17.6. The number of benzene rings is 19. The quantitative estimate of drug-likeness (QED) is 0.146. The van der Waals surface area contributed by atoms with Crippen LogP contribution >= 0.6 is 34.0 Å². The molecule has 31 aromatic rings. The zero-order valence-electron chi connectivity index (χ0n) is 76.3. The Morgan fingerprint density at radius 2 is 0.676 bits per heavy atom. The third kappa shape index (κ3) is 12.1. The van der Waals surface area contributed by atoms with Gasteiger partial charge in [-0.25, -0.2) is 29.9 Å². The third-order valence-corrected chi connectivity index (χ3v) is 32.7. The highest BCUT2D eigenvalue weighted by Crippen LogP contribution is 2.55. The van der Waals surface area contributed by atoms with E-state index in [9.17, 15) is 0 Å². The molecule has 0 saturated heterocycles. The van der Waals surface area contributed by atoms with E-state index in [1.165, 1.54) is 96.0 Å². The largest absolute Gasteiger partial charge is 0.456 e. The molecule has 32 rings (SSSR count). The molecular formula is C127H75N9O3S3. The average Bonchev–Trinajstić information content (AvgIpc) is 1.54. The number of thiophene rings is 3. The van der Waals surface area contributed by atoms with Crippen LogP contribution in [0.1, 0.15) is 25.0 Å². The fourth-order valence-electron chi connectivity index (χ4n) is 22.7. The predicted octanol–water partition coefficient (Wildman–Crippen LogP) is 35.3. The maximum Gasteiger partial charge on any atom is 0.236 e. The van der Waals surface area contributed by atoms with E-state index in [1.54, 1.807) is 22.7 Å². The highest BCUT2D eigenvalue weighted by Gasteiger charge is 2.39. The Morgan fingerprint density at radius 3 is 1.35 bits per heavy atom. The molecule has 1 aliphatic carbocycles. The van der Waals surface area contributed by atoms with Gasteiger partial charge in [-0.15, -0.1) is 34.0 Å². The van der Waals surface area contributed by atoms with Gasteiger partial charge in [0.1, 0.15) is 43.2 Å². The first-order chi connectivity index (χ1) is 70.2. The van der Waals surface area contributed by atoms with E-state index in [-0.39, 0.29) is 5.41 Å². The standard InChI is InChI=1S/C47H31N3O.C40H21N3OS2.C40H23N3OS/c1-47(2)37-21-10-8-19-34(37)41-38(47)25-24-35-43-45(51-44(35)41)42(29-14-4-3-5-15-29)48-46(49-43)50-39-22-11-9-18-33(39)36-27-30(23-26-40(36)50)32-20-12-16-28-13-6-7-17-31(28)32;1-5-13-30-23(9-1)24-10-2-6-14-31(24)43(30)40-41-36(22-17-20-33-29(21-22)25-11-3-7-15-32(25)44-33)35-28-19-18-27-26-12-4-8-16-34(26)45-37(27)38(28)46-39(35)42-40;1-2-11-24(12-3-1)25-13-10-14-26(23-25)36-35-31-22-21-30-29-17-6-9-20-34(29)44-37(30)38(31)45-39(35)42-40(41-36)43-32-18-7-4-15-27(32)28-16-5-8-19-33(28)43/h3-27H,1-2H3;1-21H;1-23H. The van der Waals surface area contributed by atoms with Crippen molar-refractivity contribution in [2.24, 2.45) is 0 Å². The van der Waals surface area contributed by atoms with E-state index in [0.29, 0.717) is 23.4 Å². The highest BCUT2D eigenvalue weighted by molar-refractivity contribution is 7.33. The normalized spacial score (nSPS) is 12.6. The summed E-state index contributed by atoms with van der Waals surface area (Å²) in [5, 5.41) is 22.0. The second kappa shape index (κ2) is 31.1. The molecule has 0 aliphatic heterocycles. The van der Waals surface area contributed by atoms with Crippen molar-refractivity contribution >= 4 is 237 Å². The summed E-state index contributed by atoms with van der Waals surface area (Å²) in [7, 11) is 0. The molecule has 0 N–H and O–H groups in total. The lowest BCUT2D eigenvalue weighted by atomic mass is 9.82. The maximum absolute atomic E-state index is 6.94. The Bertz CT molecular complexity index is 10700. The first-order valence-corrected chi connectivity index (χ1v) is 50.2. The zero-order valence-corrected chi connectivity index (χ0v) is 78.8. The lowest BCUT2D eigenvalue weighted by molar-refractivity contribution is 0.652. The molecule has 0 saturated carbocycles. The van der Waals surface area contributed by atoms with Gasteiger partial charge >= 0.3 is 0 Å². The number of fused-ring (bicyclic) bond motifs is 34. The molecule has 0 fully saturated rings. The predicted molar refractivity (Wildman–Crippen MR) is 592 cm³/mol. The number of rotatable bonds is 8. The van der Waals surface area contributed by atoms with Crippen molar-refractivity contribution in [3.8, 4) is 85.0 Å². The van der Waals surface area contributed by atoms with Gasteiger partial charge in [-0.2, -0.15) is 0 Å². The highest BCUT2D eigenvalue weighted by atomic mass is 32.1. The lowest BCUT2D eigenvalue weighted by Gasteiger charge is -2.21. The van der Waals surface area contributed by atoms with Gasteiger partial charge in [-0.1, -0.05) is 335 Å². The first kappa shape index (κ1) is 80.3. The maximum atomic E-state index is 6.94. The molecule has 664 valence electrons. The number of para-hydroxylation sites is 7. The van der Waals surface area contributed by atoms with Crippen molar-refractivity contribution in [2.75, 3.05) is 0 Å². The lowest BCUT2D eigenvalue weighted by Crippen LogP contribution is -2.14. The molecule has 19 aromatic carbocycles. The molecule has 0 bridgehead atoms. The van der Waals surface area contributed by atoms with Gasteiger partial charge in [0.25, 0.3) is 0 Å². The van der Waals surface area contributed by atoms with Crippen LogP contribution in [0.4, 0.5) is 0 Å². The number of furan rings is 3. The van der Waals surface area contributed by atoms with Crippen molar-refractivity contribution in [3.63, 3.8) is 0 Å². The molecule has 1 aliphatic rings. The minimum atomic E-state index is -0.133. The fraction of sp³-hybridized carbons (Fsp3) is 0.0236. The van der Waals surface area contributed by atoms with Crippen LogP contribution in [0.25, 0.3) is 288 Å². The van der Waals surface area contributed by atoms with Gasteiger partial charge in [0, 0.05) is 124 Å². The monoisotopic (exact) mass is 1870 g/mol. The Morgan fingerprint density at radius 1 is 0.232 bits per heavy atom. The summed E-state index contributed by atoms with van der Waals surface area (Å²) < 4.78 is 31.3. The van der Waals surface area contributed by atoms with Gasteiger partial charge in [0.2, 0.25) is 17.8 Å². The van der Waals surface area contributed by atoms with Crippen molar-refractivity contribution < 1.29 is 13.3 Å². The van der Waals surface area contributed by atoms with Gasteiger partial charge in [0.05, 0.1) is 58.6 Å². The van der Waals surface area contributed by atoms with Crippen LogP contribution in [0.2, 0.25) is 0 Å². The number of nitrogens with zero attached hydrogens (tertiary/aromatic N) is 9. The third-order valence-electron chi connectivity index (χ3n) is 29.2. The van der Waals surface area contributed by atoms with Crippen LogP contribution in [0.3, 0.4) is 0 Å². The van der Waals surface area contributed by atoms with Crippen LogP contribution in [-0.4, -0.2) is 43.6 Å². The molecule has 0 spiro atoms. The molecule has 0 radical (unpaired) electrons. The summed E-state index contributed by atoms with van der Waals surface area (Å²) in [5.41, 5.74) is 27.7. The smallest absolute Gasteiger partial charge is 0.236 e. The van der Waals surface area contributed by atoms with Crippen molar-refractivity contribution in [2.45, 2.75) is 19.3 Å². The summed E-state index contributed by atoms with van der Waals surface area (Å²) in [4.78, 5) is 34.2. The molecule has 12 nitrogen and oxygen atoms in total. The van der Waals surface area contributed by atoms with Gasteiger partial charge in [-0.05, 0) is 147 Å². The second-order valence-electron chi connectivity index (χ2n) is 37.3.